The van der Waals surface area contributed by atoms with Crippen molar-refractivity contribution in [3.63, 3.8) is 0 Å². The molecule has 0 fully saturated rings. The fourth-order valence-corrected chi connectivity index (χ4v) is 4.03. The zero-order valence-electron chi connectivity index (χ0n) is 13.4. The summed E-state index contributed by atoms with van der Waals surface area (Å²) in [6, 6.07) is 7.31. The lowest BCUT2D eigenvalue weighted by molar-refractivity contribution is 0.390. The molecule has 2 aromatic rings. The molecule has 22 heavy (non-hydrogen) atoms. The van der Waals surface area contributed by atoms with E-state index >= 15 is 0 Å². The van der Waals surface area contributed by atoms with Gasteiger partial charge in [-0.2, -0.15) is 0 Å². The second-order valence-electron chi connectivity index (χ2n) is 5.45. The maximum absolute atomic E-state index is 12.6. The third-order valence-corrected chi connectivity index (χ3v) is 5.24. The van der Waals surface area contributed by atoms with Crippen molar-refractivity contribution >= 4 is 15.7 Å². The standard InChI is InChI=1S/C15H21N3O3S/c1-10(13-8-6-7-9-14(13)18(4)5)17-22(19,20)15-11(2)16-21-12(15)3/h6-10,17H,1-5H3. The van der Waals surface area contributed by atoms with Crippen molar-refractivity contribution in [1.29, 1.82) is 0 Å². The first-order chi connectivity index (χ1) is 10.2. The molecule has 2 rings (SSSR count). The highest BCUT2D eigenvalue weighted by Gasteiger charge is 2.27. The van der Waals surface area contributed by atoms with E-state index in [0.29, 0.717) is 5.69 Å². The number of aromatic nitrogens is 1. The smallest absolute Gasteiger partial charge is 0.246 e. The SMILES string of the molecule is Cc1noc(C)c1S(=O)(=O)NC(C)c1ccccc1N(C)C. The first-order valence-electron chi connectivity index (χ1n) is 6.95. The van der Waals surface area contributed by atoms with Crippen LogP contribution in [0.25, 0.3) is 0 Å². The van der Waals surface area contributed by atoms with Gasteiger partial charge in [0.2, 0.25) is 10.0 Å². The zero-order chi connectivity index (χ0) is 16.5. The Bertz CT molecular complexity index is 747. The molecule has 0 radical (unpaired) electrons. The number of anilines is 1. The number of hydrogen-bond acceptors (Lipinski definition) is 5. The number of para-hydroxylation sites is 1. The normalized spacial score (nSPS) is 13.1. The average Bonchev–Trinajstić information content (AvgIpc) is 2.78. The van der Waals surface area contributed by atoms with E-state index in [1.165, 1.54) is 0 Å². The van der Waals surface area contributed by atoms with Crippen molar-refractivity contribution in [2.75, 3.05) is 19.0 Å². The van der Waals surface area contributed by atoms with Crippen LogP contribution in [0.3, 0.4) is 0 Å². The van der Waals surface area contributed by atoms with E-state index < -0.39 is 10.0 Å². The Balaban J connectivity index is 2.35. The Morgan fingerprint density at radius 1 is 1.23 bits per heavy atom. The predicted molar refractivity (Wildman–Crippen MR) is 85.5 cm³/mol. The minimum absolute atomic E-state index is 0.113. The molecule has 0 bridgehead atoms. The van der Waals surface area contributed by atoms with Gasteiger partial charge in [-0.15, -0.1) is 0 Å². The molecule has 1 heterocycles. The summed E-state index contributed by atoms with van der Waals surface area (Å²) < 4.78 is 32.8. The van der Waals surface area contributed by atoms with Gasteiger partial charge in [0.05, 0.1) is 0 Å². The Kier molecular flexibility index (Phi) is 4.58. The number of nitrogens with zero attached hydrogens (tertiary/aromatic N) is 2. The lowest BCUT2D eigenvalue weighted by atomic mass is 10.1. The van der Waals surface area contributed by atoms with Crippen molar-refractivity contribution in [2.24, 2.45) is 0 Å². The van der Waals surface area contributed by atoms with Crippen LogP contribution < -0.4 is 9.62 Å². The van der Waals surface area contributed by atoms with Crippen LogP contribution in [0.15, 0.2) is 33.7 Å². The molecule has 0 aliphatic carbocycles. The molecule has 0 aliphatic heterocycles. The van der Waals surface area contributed by atoms with Crippen molar-refractivity contribution < 1.29 is 12.9 Å². The van der Waals surface area contributed by atoms with Crippen molar-refractivity contribution in [3.05, 3.63) is 41.3 Å². The Labute approximate surface area is 131 Å². The average molecular weight is 323 g/mol. The Morgan fingerprint density at radius 3 is 2.41 bits per heavy atom. The number of benzene rings is 1. The molecule has 1 aromatic heterocycles. The van der Waals surface area contributed by atoms with Gasteiger partial charge < -0.3 is 9.42 Å². The van der Waals surface area contributed by atoms with Gasteiger partial charge in [0.1, 0.15) is 10.6 Å². The quantitative estimate of drug-likeness (QED) is 0.914. The number of nitrogens with one attached hydrogen (secondary N) is 1. The van der Waals surface area contributed by atoms with Crippen LogP contribution in [0, 0.1) is 13.8 Å². The molecule has 1 aromatic carbocycles. The summed E-state index contributed by atoms with van der Waals surface area (Å²) in [5, 5.41) is 3.71. The third kappa shape index (κ3) is 3.15. The molecule has 1 atom stereocenters. The van der Waals surface area contributed by atoms with Gasteiger partial charge in [0, 0.05) is 25.8 Å². The molecular weight excluding hydrogens is 302 g/mol. The summed E-state index contributed by atoms with van der Waals surface area (Å²) in [5.74, 6) is 0.290. The van der Waals surface area contributed by atoms with E-state index in [2.05, 4.69) is 9.88 Å². The van der Waals surface area contributed by atoms with Crippen molar-refractivity contribution in [1.82, 2.24) is 9.88 Å². The number of sulfonamides is 1. The van der Waals surface area contributed by atoms with Gasteiger partial charge in [-0.05, 0) is 32.4 Å². The van der Waals surface area contributed by atoms with Crippen molar-refractivity contribution in [3.8, 4) is 0 Å². The molecule has 1 unspecified atom stereocenters. The molecule has 0 aliphatic rings. The van der Waals surface area contributed by atoms with Crippen LogP contribution in [0.1, 0.15) is 30.0 Å². The lowest BCUT2D eigenvalue weighted by Crippen LogP contribution is -2.28. The Hall–Kier alpha value is -1.86. The molecule has 6 nitrogen and oxygen atoms in total. The number of rotatable bonds is 5. The largest absolute Gasteiger partial charge is 0.377 e. The minimum Gasteiger partial charge on any atom is -0.377 e. The second kappa shape index (κ2) is 6.10. The summed E-state index contributed by atoms with van der Waals surface area (Å²) in [7, 11) is 0.157. The summed E-state index contributed by atoms with van der Waals surface area (Å²) in [4.78, 5) is 2.07. The first-order valence-corrected chi connectivity index (χ1v) is 8.44. The summed E-state index contributed by atoms with van der Waals surface area (Å²) >= 11 is 0. The van der Waals surface area contributed by atoms with Gasteiger partial charge >= 0.3 is 0 Å². The van der Waals surface area contributed by atoms with Crippen molar-refractivity contribution in [2.45, 2.75) is 31.7 Å². The van der Waals surface area contributed by atoms with Gasteiger partial charge in [-0.3, -0.25) is 0 Å². The first kappa shape index (κ1) is 16.5. The molecule has 0 amide bonds. The molecule has 1 N–H and O–H groups in total. The summed E-state index contributed by atoms with van der Waals surface area (Å²) in [5.41, 5.74) is 2.23. The predicted octanol–water partition coefficient (Wildman–Crippen LogP) is 2.40. The van der Waals surface area contributed by atoms with Crippen LogP contribution in [-0.4, -0.2) is 27.7 Å². The second-order valence-corrected chi connectivity index (χ2v) is 7.10. The summed E-state index contributed by atoms with van der Waals surface area (Å²) in [6.45, 7) is 5.02. The van der Waals surface area contributed by atoms with E-state index in [9.17, 15) is 8.42 Å². The maximum atomic E-state index is 12.6. The van der Waals surface area contributed by atoms with Crippen LogP contribution >= 0.6 is 0 Å². The maximum Gasteiger partial charge on any atom is 0.246 e. The minimum atomic E-state index is -3.69. The number of aryl methyl sites for hydroxylation is 2. The summed E-state index contributed by atoms with van der Waals surface area (Å²) in [6.07, 6.45) is 0. The van der Waals surface area contributed by atoms with Gasteiger partial charge in [0.15, 0.2) is 5.76 Å². The Morgan fingerprint density at radius 2 is 1.86 bits per heavy atom. The van der Waals surface area contributed by atoms with Gasteiger partial charge in [-0.25, -0.2) is 13.1 Å². The highest BCUT2D eigenvalue weighted by Crippen LogP contribution is 2.27. The molecule has 120 valence electrons. The molecular formula is C15H21N3O3S. The molecule has 0 saturated heterocycles. The monoisotopic (exact) mass is 323 g/mol. The van der Waals surface area contributed by atoms with Crippen LogP contribution in [-0.2, 0) is 10.0 Å². The van der Waals surface area contributed by atoms with E-state index in [0.717, 1.165) is 11.3 Å². The van der Waals surface area contributed by atoms with E-state index in [1.54, 1.807) is 13.8 Å². The fraction of sp³-hybridized carbons (Fsp3) is 0.400. The fourth-order valence-electron chi connectivity index (χ4n) is 2.47. The number of hydrogen-bond donors (Lipinski definition) is 1. The molecule has 0 saturated carbocycles. The van der Waals surface area contributed by atoms with Gasteiger partial charge in [-0.1, -0.05) is 23.4 Å². The zero-order valence-corrected chi connectivity index (χ0v) is 14.2. The van der Waals surface area contributed by atoms with Crippen LogP contribution in [0.4, 0.5) is 5.69 Å². The van der Waals surface area contributed by atoms with E-state index in [4.69, 9.17) is 4.52 Å². The van der Waals surface area contributed by atoms with Crippen LogP contribution in [0.5, 0.6) is 0 Å². The van der Waals surface area contributed by atoms with E-state index in [-0.39, 0.29) is 16.7 Å². The third-order valence-electron chi connectivity index (χ3n) is 3.45. The molecule has 0 spiro atoms. The van der Waals surface area contributed by atoms with E-state index in [1.807, 2.05) is 50.2 Å². The molecule has 7 heteroatoms. The highest BCUT2D eigenvalue weighted by atomic mass is 32.2. The van der Waals surface area contributed by atoms with Crippen LogP contribution in [0.2, 0.25) is 0 Å². The lowest BCUT2D eigenvalue weighted by Gasteiger charge is -2.22. The van der Waals surface area contributed by atoms with Gasteiger partial charge in [0.25, 0.3) is 0 Å². The topological polar surface area (TPSA) is 75.4 Å². The highest BCUT2D eigenvalue weighted by molar-refractivity contribution is 7.89.